The van der Waals surface area contributed by atoms with Crippen LogP contribution in [0.4, 0.5) is 5.69 Å². The van der Waals surface area contributed by atoms with E-state index in [9.17, 15) is 4.79 Å². The first-order valence-electron chi connectivity index (χ1n) is 6.10. The molecule has 1 fully saturated rings. The Balaban J connectivity index is 1.68. The van der Waals surface area contributed by atoms with Gasteiger partial charge in [0.15, 0.2) is 0 Å². The summed E-state index contributed by atoms with van der Waals surface area (Å²) in [4.78, 5) is 12.7. The molecule has 5 heteroatoms. The third-order valence-electron chi connectivity index (χ3n) is 2.78. The summed E-state index contributed by atoms with van der Waals surface area (Å²) >= 11 is 1.49. The average molecular weight is 266 g/mol. The lowest BCUT2D eigenvalue weighted by Gasteiger charge is -2.10. The zero-order chi connectivity index (χ0) is 12.8. The van der Waals surface area contributed by atoms with Gasteiger partial charge < -0.3 is 15.8 Å². The van der Waals surface area contributed by atoms with Gasteiger partial charge in [-0.2, -0.15) is 0 Å². The van der Waals surface area contributed by atoms with Crippen LogP contribution in [0.2, 0.25) is 0 Å². The van der Waals surface area contributed by atoms with Crippen LogP contribution >= 0.6 is 11.8 Å². The fraction of sp³-hybridized carbons (Fsp3) is 0.462. The van der Waals surface area contributed by atoms with E-state index in [-0.39, 0.29) is 12.0 Å². The van der Waals surface area contributed by atoms with Crippen molar-refractivity contribution in [1.29, 1.82) is 0 Å². The lowest BCUT2D eigenvalue weighted by Crippen LogP contribution is -2.32. The molecule has 3 N–H and O–H groups in total. The Bertz CT molecular complexity index is 406. The van der Waals surface area contributed by atoms with Crippen molar-refractivity contribution >= 4 is 23.4 Å². The van der Waals surface area contributed by atoms with Gasteiger partial charge in [-0.25, -0.2) is 0 Å². The van der Waals surface area contributed by atoms with Crippen LogP contribution in [-0.2, 0) is 9.53 Å². The number of thioether (sulfide) groups is 1. The SMILES string of the molecule is Nc1cccc(SCC(=O)NCC2CCCO2)c1. The van der Waals surface area contributed by atoms with Crippen LogP contribution in [-0.4, -0.2) is 30.9 Å². The van der Waals surface area contributed by atoms with Gasteiger partial charge in [0, 0.05) is 23.7 Å². The molecule has 1 atom stereocenters. The summed E-state index contributed by atoms with van der Waals surface area (Å²) < 4.78 is 5.44. The van der Waals surface area contributed by atoms with Crippen LogP contribution in [0.15, 0.2) is 29.2 Å². The number of nitrogen functional groups attached to an aromatic ring is 1. The van der Waals surface area contributed by atoms with Crippen molar-refractivity contribution in [2.24, 2.45) is 0 Å². The number of amides is 1. The highest BCUT2D eigenvalue weighted by Crippen LogP contribution is 2.19. The molecule has 1 unspecified atom stereocenters. The first-order chi connectivity index (χ1) is 8.74. The van der Waals surface area contributed by atoms with Crippen LogP contribution in [0.3, 0.4) is 0 Å². The zero-order valence-corrected chi connectivity index (χ0v) is 11.0. The summed E-state index contributed by atoms with van der Waals surface area (Å²) in [6.07, 6.45) is 2.34. The summed E-state index contributed by atoms with van der Waals surface area (Å²) in [6.45, 7) is 1.44. The van der Waals surface area contributed by atoms with Gasteiger partial charge in [-0.15, -0.1) is 11.8 Å². The third kappa shape index (κ3) is 4.23. The molecule has 0 radical (unpaired) electrons. The molecule has 0 bridgehead atoms. The molecule has 0 saturated carbocycles. The highest BCUT2D eigenvalue weighted by Gasteiger charge is 2.15. The number of hydrogen-bond donors (Lipinski definition) is 2. The number of benzene rings is 1. The van der Waals surface area contributed by atoms with Crippen molar-refractivity contribution in [2.75, 3.05) is 24.6 Å². The molecule has 0 aliphatic carbocycles. The van der Waals surface area contributed by atoms with E-state index in [0.29, 0.717) is 12.3 Å². The minimum Gasteiger partial charge on any atom is -0.399 e. The van der Waals surface area contributed by atoms with Crippen molar-refractivity contribution < 1.29 is 9.53 Å². The van der Waals surface area contributed by atoms with Gasteiger partial charge in [0.2, 0.25) is 5.91 Å². The number of nitrogens with one attached hydrogen (secondary N) is 1. The fourth-order valence-electron chi connectivity index (χ4n) is 1.84. The van der Waals surface area contributed by atoms with E-state index in [0.717, 1.165) is 30.0 Å². The second-order valence-electron chi connectivity index (χ2n) is 4.30. The van der Waals surface area contributed by atoms with Gasteiger partial charge in [-0.1, -0.05) is 6.07 Å². The van der Waals surface area contributed by atoms with E-state index in [2.05, 4.69) is 5.32 Å². The predicted molar refractivity (Wildman–Crippen MR) is 73.6 cm³/mol. The van der Waals surface area contributed by atoms with Crippen LogP contribution < -0.4 is 11.1 Å². The van der Waals surface area contributed by atoms with Crippen molar-refractivity contribution in [3.8, 4) is 0 Å². The molecule has 1 heterocycles. The van der Waals surface area contributed by atoms with Crippen molar-refractivity contribution in [1.82, 2.24) is 5.32 Å². The Kier molecular flexibility index (Phi) is 4.90. The third-order valence-corrected chi connectivity index (χ3v) is 3.77. The van der Waals surface area contributed by atoms with Crippen LogP contribution in [0.5, 0.6) is 0 Å². The van der Waals surface area contributed by atoms with Gasteiger partial charge >= 0.3 is 0 Å². The molecule has 1 saturated heterocycles. The normalized spacial score (nSPS) is 18.8. The molecule has 98 valence electrons. The second-order valence-corrected chi connectivity index (χ2v) is 5.35. The van der Waals surface area contributed by atoms with Crippen LogP contribution in [0, 0.1) is 0 Å². The summed E-state index contributed by atoms with van der Waals surface area (Å²) in [6, 6.07) is 7.55. The molecule has 1 aliphatic rings. The largest absolute Gasteiger partial charge is 0.399 e. The quantitative estimate of drug-likeness (QED) is 0.628. The molecule has 0 spiro atoms. The van der Waals surface area contributed by atoms with Gasteiger partial charge in [0.25, 0.3) is 0 Å². The molecule has 2 rings (SSSR count). The summed E-state index contributed by atoms with van der Waals surface area (Å²) in [7, 11) is 0. The monoisotopic (exact) mass is 266 g/mol. The van der Waals surface area contributed by atoms with Crippen molar-refractivity contribution in [3.63, 3.8) is 0 Å². The van der Waals surface area contributed by atoms with E-state index < -0.39 is 0 Å². The van der Waals surface area contributed by atoms with Crippen LogP contribution in [0.1, 0.15) is 12.8 Å². The van der Waals surface area contributed by atoms with Gasteiger partial charge in [-0.3, -0.25) is 4.79 Å². The van der Waals surface area contributed by atoms with Gasteiger partial charge in [0.05, 0.1) is 11.9 Å². The summed E-state index contributed by atoms with van der Waals surface area (Å²) in [5, 5.41) is 2.89. The maximum absolute atomic E-state index is 11.6. The Labute approximate surface area is 111 Å². The molecule has 18 heavy (non-hydrogen) atoms. The molecule has 1 amide bonds. The standard InChI is InChI=1S/C13H18N2O2S/c14-10-3-1-5-12(7-10)18-9-13(16)15-8-11-4-2-6-17-11/h1,3,5,7,11H,2,4,6,8-9,14H2,(H,15,16). The molecule has 4 nitrogen and oxygen atoms in total. The lowest BCUT2D eigenvalue weighted by molar-refractivity contribution is -0.119. The molecule has 1 aliphatic heterocycles. The molecule has 1 aromatic rings. The summed E-state index contributed by atoms with van der Waals surface area (Å²) in [5.74, 6) is 0.453. The highest BCUT2D eigenvalue weighted by molar-refractivity contribution is 8.00. The number of ether oxygens (including phenoxy) is 1. The van der Waals surface area contributed by atoms with E-state index >= 15 is 0 Å². The number of carbonyl (C=O) groups excluding carboxylic acids is 1. The maximum atomic E-state index is 11.6. The number of rotatable bonds is 5. The average Bonchev–Trinajstić information content (AvgIpc) is 2.87. The van der Waals surface area contributed by atoms with Crippen molar-refractivity contribution in [3.05, 3.63) is 24.3 Å². The molecular formula is C13H18N2O2S. The predicted octanol–water partition coefficient (Wildman–Crippen LogP) is 1.66. The number of carbonyl (C=O) groups is 1. The highest BCUT2D eigenvalue weighted by atomic mass is 32.2. The molecular weight excluding hydrogens is 248 g/mol. The first-order valence-corrected chi connectivity index (χ1v) is 7.09. The fourth-order valence-corrected chi connectivity index (χ4v) is 2.63. The van der Waals surface area contributed by atoms with Crippen LogP contribution in [0.25, 0.3) is 0 Å². The molecule has 0 aromatic heterocycles. The topological polar surface area (TPSA) is 64.4 Å². The van der Waals surface area contributed by atoms with E-state index in [1.54, 1.807) is 0 Å². The number of nitrogens with two attached hydrogens (primary N) is 1. The van der Waals surface area contributed by atoms with E-state index in [4.69, 9.17) is 10.5 Å². The minimum atomic E-state index is 0.0397. The maximum Gasteiger partial charge on any atom is 0.230 e. The Hall–Kier alpha value is -1.20. The lowest BCUT2D eigenvalue weighted by atomic mass is 10.2. The smallest absolute Gasteiger partial charge is 0.230 e. The Morgan fingerprint density at radius 3 is 3.17 bits per heavy atom. The van der Waals surface area contributed by atoms with E-state index in [1.165, 1.54) is 11.8 Å². The van der Waals surface area contributed by atoms with Gasteiger partial charge in [-0.05, 0) is 31.0 Å². The second kappa shape index (κ2) is 6.66. The van der Waals surface area contributed by atoms with E-state index in [1.807, 2.05) is 24.3 Å². The minimum absolute atomic E-state index is 0.0397. The molecule has 1 aromatic carbocycles. The Morgan fingerprint density at radius 2 is 2.44 bits per heavy atom. The zero-order valence-electron chi connectivity index (χ0n) is 10.2. The van der Waals surface area contributed by atoms with Crippen molar-refractivity contribution in [2.45, 2.75) is 23.8 Å². The number of anilines is 1. The Morgan fingerprint density at radius 1 is 1.56 bits per heavy atom. The summed E-state index contributed by atoms with van der Waals surface area (Å²) in [5.41, 5.74) is 6.40. The van der Waals surface area contributed by atoms with Gasteiger partial charge in [0.1, 0.15) is 0 Å². The number of hydrogen-bond acceptors (Lipinski definition) is 4. The first kappa shape index (κ1) is 13.2.